The van der Waals surface area contributed by atoms with Gasteiger partial charge in [-0.05, 0) is 55.9 Å². The fourth-order valence-electron chi connectivity index (χ4n) is 3.00. The molecular weight excluding hydrogens is 388 g/mol. The number of sulfonamides is 1. The van der Waals surface area contributed by atoms with Crippen LogP contribution in [0.15, 0.2) is 23.1 Å². The second-order valence-corrected chi connectivity index (χ2v) is 9.48. The van der Waals surface area contributed by atoms with Crippen LogP contribution in [0, 0.1) is 6.92 Å². The number of nitrogens with zero attached hydrogens (tertiary/aromatic N) is 1. The topological polar surface area (TPSA) is 104 Å². The number of nitrogens with one attached hydrogen (secondary N) is 1. The molecule has 0 aromatic heterocycles. The van der Waals surface area contributed by atoms with Crippen molar-refractivity contribution in [3.05, 3.63) is 29.3 Å². The number of thioether (sulfide) groups is 1. The zero-order chi connectivity index (χ0) is 20.0. The first-order chi connectivity index (χ1) is 12.8. The molecule has 1 aromatic rings. The molecule has 1 aliphatic rings. The van der Waals surface area contributed by atoms with Crippen LogP contribution in [0.4, 0.5) is 0 Å². The number of carbonyl (C=O) groups excluding carboxylic acids is 1. The summed E-state index contributed by atoms with van der Waals surface area (Å²) in [7, 11) is -3.67. The maximum absolute atomic E-state index is 13.0. The van der Waals surface area contributed by atoms with Crippen LogP contribution in [0.2, 0.25) is 0 Å². The summed E-state index contributed by atoms with van der Waals surface area (Å²) >= 11 is 1.49. The monoisotopic (exact) mass is 414 g/mol. The standard InChI is InChI=1S/C18H26N2O5S2/c1-13-6-7-14(17(21)19-15(18(22)23)8-11-26-2)12-16(13)27(24,25)20-9-4-3-5-10-20/h6-7,12,15H,3-5,8-11H2,1-2H3,(H,19,21)(H,22,23)/t15-/m0/s1. The predicted octanol–water partition coefficient (Wildman–Crippen LogP) is 2.11. The van der Waals surface area contributed by atoms with Crippen molar-refractivity contribution in [2.45, 2.75) is 43.5 Å². The lowest BCUT2D eigenvalue weighted by Crippen LogP contribution is -2.41. The van der Waals surface area contributed by atoms with Gasteiger partial charge in [-0.3, -0.25) is 4.79 Å². The summed E-state index contributed by atoms with van der Waals surface area (Å²) in [5.74, 6) is -1.09. The van der Waals surface area contributed by atoms with Gasteiger partial charge in [-0.15, -0.1) is 0 Å². The van der Waals surface area contributed by atoms with Crippen LogP contribution >= 0.6 is 11.8 Å². The van der Waals surface area contributed by atoms with E-state index in [1.54, 1.807) is 13.0 Å². The number of rotatable bonds is 8. The Bertz CT molecular complexity index is 789. The molecule has 1 heterocycles. The smallest absolute Gasteiger partial charge is 0.326 e. The lowest BCUT2D eigenvalue weighted by molar-refractivity contribution is -0.139. The summed E-state index contributed by atoms with van der Waals surface area (Å²) in [6.45, 7) is 2.65. The molecular formula is C18H26N2O5S2. The zero-order valence-electron chi connectivity index (χ0n) is 15.6. The van der Waals surface area contributed by atoms with Crippen molar-refractivity contribution in [3.8, 4) is 0 Å². The third-order valence-corrected chi connectivity index (χ3v) is 7.28. The van der Waals surface area contributed by atoms with Crippen LogP contribution in [0.3, 0.4) is 0 Å². The van der Waals surface area contributed by atoms with Crippen LogP contribution in [0.25, 0.3) is 0 Å². The molecule has 1 aliphatic heterocycles. The van der Waals surface area contributed by atoms with Gasteiger partial charge < -0.3 is 10.4 Å². The molecule has 7 nitrogen and oxygen atoms in total. The molecule has 1 saturated heterocycles. The van der Waals surface area contributed by atoms with E-state index in [4.69, 9.17) is 0 Å². The normalized spacial score (nSPS) is 16.7. The van der Waals surface area contributed by atoms with Crippen LogP contribution in [0.5, 0.6) is 0 Å². The van der Waals surface area contributed by atoms with Gasteiger partial charge in [0.05, 0.1) is 4.90 Å². The van der Waals surface area contributed by atoms with Gasteiger partial charge >= 0.3 is 5.97 Å². The zero-order valence-corrected chi connectivity index (χ0v) is 17.2. The molecule has 1 atom stereocenters. The fourth-order valence-corrected chi connectivity index (χ4v) is 5.24. The van der Waals surface area contributed by atoms with E-state index in [1.165, 1.54) is 28.2 Å². The highest BCUT2D eigenvalue weighted by atomic mass is 32.2. The lowest BCUT2D eigenvalue weighted by Gasteiger charge is -2.26. The Balaban J connectivity index is 2.25. The van der Waals surface area contributed by atoms with Gasteiger partial charge in [-0.1, -0.05) is 12.5 Å². The number of aryl methyl sites for hydroxylation is 1. The molecule has 1 fully saturated rings. The number of benzene rings is 1. The van der Waals surface area contributed by atoms with E-state index in [9.17, 15) is 23.1 Å². The molecule has 1 aromatic carbocycles. The Morgan fingerprint density at radius 2 is 1.93 bits per heavy atom. The van der Waals surface area contributed by atoms with Gasteiger partial charge in [0.25, 0.3) is 5.91 Å². The highest BCUT2D eigenvalue weighted by Crippen LogP contribution is 2.24. The van der Waals surface area contributed by atoms with E-state index in [0.29, 0.717) is 30.8 Å². The van der Waals surface area contributed by atoms with Gasteiger partial charge in [0.2, 0.25) is 10.0 Å². The van der Waals surface area contributed by atoms with E-state index < -0.39 is 27.9 Å². The molecule has 0 radical (unpaired) electrons. The molecule has 0 unspecified atom stereocenters. The van der Waals surface area contributed by atoms with Crippen molar-refractivity contribution in [2.75, 3.05) is 25.1 Å². The number of piperidine rings is 1. The van der Waals surface area contributed by atoms with Gasteiger partial charge in [0, 0.05) is 18.7 Å². The highest BCUT2D eigenvalue weighted by molar-refractivity contribution is 7.98. The van der Waals surface area contributed by atoms with Crippen LogP contribution < -0.4 is 5.32 Å². The SMILES string of the molecule is CSCC[C@H](NC(=O)c1ccc(C)c(S(=O)(=O)N2CCCCC2)c1)C(=O)O. The quantitative estimate of drug-likeness (QED) is 0.675. The number of aliphatic carboxylic acids is 1. The minimum absolute atomic E-state index is 0.105. The minimum atomic E-state index is -3.67. The minimum Gasteiger partial charge on any atom is -0.480 e. The van der Waals surface area contributed by atoms with Crippen LogP contribution in [-0.4, -0.2) is 60.8 Å². The average Bonchev–Trinajstić information content (AvgIpc) is 2.65. The third kappa shape index (κ3) is 5.46. The van der Waals surface area contributed by atoms with E-state index in [0.717, 1.165) is 19.3 Å². The molecule has 9 heteroatoms. The summed E-state index contributed by atoms with van der Waals surface area (Å²) in [5.41, 5.74) is 0.709. The van der Waals surface area contributed by atoms with E-state index in [1.807, 2.05) is 6.26 Å². The first-order valence-corrected chi connectivity index (χ1v) is 11.7. The molecule has 1 amide bonds. The van der Waals surface area contributed by atoms with Crippen molar-refractivity contribution in [1.82, 2.24) is 9.62 Å². The molecule has 0 saturated carbocycles. The molecule has 0 bridgehead atoms. The summed E-state index contributed by atoms with van der Waals surface area (Å²) in [5, 5.41) is 11.8. The van der Waals surface area contributed by atoms with Crippen LogP contribution in [0.1, 0.15) is 41.6 Å². The Kier molecular flexibility index (Phi) is 7.69. The maximum Gasteiger partial charge on any atom is 0.326 e. The maximum atomic E-state index is 13.0. The average molecular weight is 415 g/mol. The molecule has 0 aliphatic carbocycles. The highest BCUT2D eigenvalue weighted by Gasteiger charge is 2.28. The Labute approximate surface area is 164 Å². The Morgan fingerprint density at radius 3 is 2.52 bits per heavy atom. The molecule has 2 rings (SSSR count). The van der Waals surface area contributed by atoms with E-state index in [2.05, 4.69) is 5.32 Å². The molecule has 150 valence electrons. The number of carboxylic acids is 1. The second-order valence-electron chi connectivity index (χ2n) is 6.59. The number of carboxylic acid groups (broad SMARTS) is 1. The fraction of sp³-hybridized carbons (Fsp3) is 0.556. The number of hydrogen-bond donors (Lipinski definition) is 2. The first kappa shape index (κ1) is 21.7. The van der Waals surface area contributed by atoms with Gasteiger partial charge in [-0.2, -0.15) is 16.1 Å². The molecule has 0 spiro atoms. The van der Waals surface area contributed by atoms with Gasteiger partial charge in [0.1, 0.15) is 6.04 Å². The van der Waals surface area contributed by atoms with E-state index in [-0.39, 0.29) is 10.5 Å². The van der Waals surface area contributed by atoms with Crippen molar-refractivity contribution in [3.63, 3.8) is 0 Å². The number of carbonyl (C=O) groups is 2. The molecule has 27 heavy (non-hydrogen) atoms. The Morgan fingerprint density at radius 1 is 1.26 bits per heavy atom. The predicted molar refractivity (Wildman–Crippen MR) is 106 cm³/mol. The van der Waals surface area contributed by atoms with Crippen LogP contribution in [-0.2, 0) is 14.8 Å². The lowest BCUT2D eigenvalue weighted by atomic mass is 10.1. The van der Waals surface area contributed by atoms with Gasteiger partial charge in [-0.25, -0.2) is 13.2 Å². The summed E-state index contributed by atoms with van der Waals surface area (Å²) in [4.78, 5) is 23.9. The second kappa shape index (κ2) is 9.57. The summed E-state index contributed by atoms with van der Waals surface area (Å²) in [6.07, 6.45) is 4.83. The summed E-state index contributed by atoms with van der Waals surface area (Å²) in [6, 6.07) is 3.45. The van der Waals surface area contributed by atoms with Crippen molar-refractivity contribution < 1.29 is 23.1 Å². The van der Waals surface area contributed by atoms with Gasteiger partial charge in [0.15, 0.2) is 0 Å². The number of amides is 1. The largest absolute Gasteiger partial charge is 0.480 e. The van der Waals surface area contributed by atoms with Crippen molar-refractivity contribution in [1.29, 1.82) is 0 Å². The Hall–Kier alpha value is -1.58. The first-order valence-electron chi connectivity index (χ1n) is 8.90. The summed E-state index contributed by atoms with van der Waals surface area (Å²) < 4.78 is 27.4. The third-order valence-electron chi connectivity index (χ3n) is 4.60. The molecule has 2 N–H and O–H groups in total. The van der Waals surface area contributed by atoms with Crippen molar-refractivity contribution in [2.24, 2.45) is 0 Å². The van der Waals surface area contributed by atoms with E-state index >= 15 is 0 Å². The van der Waals surface area contributed by atoms with Crippen molar-refractivity contribution >= 4 is 33.7 Å². The number of hydrogen-bond acceptors (Lipinski definition) is 5.